The molecule has 0 amide bonds. The van der Waals surface area contributed by atoms with E-state index in [0.29, 0.717) is 6.10 Å². The maximum atomic E-state index is 5.77. The summed E-state index contributed by atoms with van der Waals surface area (Å²) in [4.78, 5) is 0. The molecule has 1 radical (unpaired) electrons. The van der Waals surface area contributed by atoms with Crippen LogP contribution in [-0.4, -0.2) is 12.4 Å². The Morgan fingerprint density at radius 3 is 2.80 bits per heavy atom. The van der Waals surface area contributed by atoms with Gasteiger partial charge < -0.3 is 9.47 Å². The van der Waals surface area contributed by atoms with Crippen LogP contribution in [0.5, 0.6) is 5.75 Å². The van der Waals surface area contributed by atoms with Crippen molar-refractivity contribution >= 4 is 0 Å². The summed E-state index contributed by atoms with van der Waals surface area (Å²) in [7, 11) is 0. The van der Waals surface area contributed by atoms with Gasteiger partial charge in [-0.3, -0.25) is 0 Å². The van der Waals surface area contributed by atoms with Gasteiger partial charge in [0.15, 0.2) is 6.29 Å². The van der Waals surface area contributed by atoms with Crippen LogP contribution in [0.15, 0.2) is 24.3 Å². The molecule has 1 unspecified atom stereocenters. The Morgan fingerprint density at radius 2 is 2.13 bits per heavy atom. The Labute approximate surface area is 91.2 Å². The second-order valence-electron chi connectivity index (χ2n) is 3.95. The highest BCUT2D eigenvalue weighted by molar-refractivity contribution is 5.19. The molecule has 1 atom stereocenters. The first kappa shape index (κ1) is 10.5. The van der Waals surface area contributed by atoms with Crippen molar-refractivity contribution in [3.8, 4) is 5.75 Å². The van der Waals surface area contributed by atoms with Crippen molar-refractivity contribution in [2.45, 2.75) is 45.0 Å². The molecule has 1 saturated carbocycles. The zero-order valence-electron chi connectivity index (χ0n) is 9.11. The van der Waals surface area contributed by atoms with Crippen LogP contribution in [0.2, 0.25) is 0 Å². The van der Waals surface area contributed by atoms with Gasteiger partial charge in [-0.1, -0.05) is 31.0 Å². The van der Waals surface area contributed by atoms with Gasteiger partial charge in [-0.05, 0) is 25.8 Å². The fourth-order valence-electron chi connectivity index (χ4n) is 1.95. The molecule has 1 aromatic rings. The van der Waals surface area contributed by atoms with Gasteiger partial charge in [0.2, 0.25) is 0 Å². The van der Waals surface area contributed by atoms with Crippen LogP contribution in [0.3, 0.4) is 0 Å². The van der Waals surface area contributed by atoms with E-state index in [1.807, 2.05) is 31.2 Å². The molecular formula is C13H17O2. The molecule has 2 heteroatoms. The second kappa shape index (κ2) is 5.17. The summed E-state index contributed by atoms with van der Waals surface area (Å²) in [5.41, 5.74) is 0. The maximum Gasteiger partial charge on any atom is 0.197 e. The smallest absolute Gasteiger partial charge is 0.197 e. The Morgan fingerprint density at radius 1 is 1.33 bits per heavy atom. The molecule has 0 aromatic heterocycles. The molecule has 2 rings (SSSR count). The lowest BCUT2D eigenvalue weighted by atomic mass is 10.3. The summed E-state index contributed by atoms with van der Waals surface area (Å²) >= 11 is 0. The highest BCUT2D eigenvalue weighted by atomic mass is 16.7. The highest BCUT2D eigenvalue weighted by Gasteiger charge is 2.18. The van der Waals surface area contributed by atoms with Crippen LogP contribution in [-0.2, 0) is 4.74 Å². The van der Waals surface area contributed by atoms with Crippen LogP contribution < -0.4 is 4.74 Å². The Balaban J connectivity index is 1.79. The molecule has 1 aliphatic carbocycles. The first-order chi connectivity index (χ1) is 7.34. The van der Waals surface area contributed by atoms with Gasteiger partial charge in [0.1, 0.15) is 5.75 Å². The number of ether oxygens (including phenoxy) is 2. The topological polar surface area (TPSA) is 18.5 Å². The van der Waals surface area contributed by atoms with Crippen molar-refractivity contribution in [3.05, 3.63) is 30.3 Å². The molecule has 1 fully saturated rings. The van der Waals surface area contributed by atoms with Crippen LogP contribution >= 0.6 is 0 Å². The van der Waals surface area contributed by atoms with Gasteiger partial charge in [0, 0.05) is 6.07 Å². The molecule has 0 N–H and O–H groups in total. The molecule has 0 aliphatic heterocycles. The molecule has 81 valence electrons. The molecule has 0 bridgehead atoms. The van der Waals surface area contributed by atoms with E-state index in [1.165, 1.54) is 25.7 Å². The number of rotatable bonds is 4. The minimum atomic E-state index is -0.174. The summed E-state index contributed by atoms with van der Waals surface area (Å²) in [5, 5.41) is 0. The molecular weight excluding hydrogens is 188 g/mol. The first-order valence-corrected chi connectivity index (χ1v) is 5.63. The van der Waals surface area contributed by atoms with Crippen molar-refractivity contribution in [2.24, 2.45) is 0 Å². The third kappa shape index (κ3) is 3.24. The summed E-state index contributed by atoms with van der Waals surface area (Å²) in [6.45, 7) is 1.94. The lowest BCUT2D eigenvalue weighted by Crippen LogP contribution is -2.22. The number of benzene rings is 1. The second-order valence-corrected chi connectivity index (χ2v) is 3.95. The average Bonchev–Trinajstić information content (AvgIpc) is 2.71. The average molecular weight is 205 g/mol. The summed E-state index contributed by atoms with van der Waals surface area (Å²) in [5.74, 6) is 0.753. The molecule has 1 aliphatic rings. The van der Waals surface area contributed by atoms with Crippen LogP contribution in [0.4, 0.5) is 0 Å². The van der Waals surface area contributed by atoms with E-state index in [2.05, 4.69) is 6.07 Å². The van der Waals surface area contributed by atoms with E-state index in [4.69, 9.17) is 9.47 Å². The molecule has 2 nitrogen and oxygen atoms in total. The number of hydrogen-bond acceptors (Lipinski definition) is 2. The fraction of sp³-hybridized carbons (Fsp3) is 0.538. The van der Waals surface area contributed by atoms with E-state index >= 15 is 0 Å². The SMILES string of the molecule is CC(Oc1[c]cccc1)OC1CCCC1. The monoisotopic (exact) mass is 205 g/mol. The van der Waals surface area contributed by atoms with E-state index < -0.39 is 0 Å². The van der Waals surface area contributed by atoms with Gasteiger partial charge >= 0.3 is 0 Å². The normalized spacial score (nSPS) is 19.0. The summed E-state index contributed by atoms with van der Waals surface area (Å²) < 4.78 is 11.4. The largest absolute Gasteiger partial charge is 0.465 e. The van der Waals surface area contributed by atoms with Crippen molar-refractivity contribution in [1.29, 1.82) is 0 Å². The predicted octanol–water partition coefficient (Wildman–Crippen LogP) is 3.17. The van der Waals surface area contributed by atoms with Gasteiger partial charge in [-0.25, -0.2) is 0 Å². The van der Waals surface area contributed by atoms with E-state index in [1.54, 1.807) is 0 Å². The summed E-state index contributed by atoms with van der Waals surface area (Å²) in [6, 6.07) is 10.6. The van der Waals surface area contributed by atoms with Gasteiger partial charge in [0.05, 0.1) is 6.10 Å². The molecule has 15 heavy (non-hydrogen) atoms. The zero-order valence-corrected chi connectivity index (χ0v) is 9.11. The predicted molar refractivity (Wildman–Crippen MR) is 58.7 cm³/mol. The minimum absolute atomic E-state index is 0.174. The molecule has 0 heterocycles. The van der Waals surface area contributed by atoms with Crippen LogP contribution in [0.25, 0.3) is 0 Å². The van der Waals surface area contributed by atoms with E-state index in [-0.39, 0.29) is 6.29 Å². The molecule has 0 spiro atoms. The molecule has 1 aromatic carbocycles. The Bertz CT molecular complexity index is 278. The zero-order chi connectivity index (χ0) is 10.5. The highest BCUT2D eigenvalue weighted by Crippen LogP contribution is 2.23. The van der Waals surface area contributed by atoms with Crippen molar-refractivity contribution in [1.82, 2.24) is 0 Å². The van der Waals surface area contributed by atoms with Crippen molar-refractivity contribution < 1.29 is 9.47 Å². The molecule has 0 saturated heterocycles. The quantitative estimate of drug-likeness (QED) is 0.703. The number of hydrogen-bond donors (Lipinski definition) is 0. The van der Waals surface area contributed by atoms with Gasteiger partial charge in [0.25, 0.3) is 0 Å². The lowest BCUT2D eigenvalue weighted by Gasteiger charge is -2.19. The van der Waals surface area contributed by atoms with Crippen LogP contribution in [0.1, 0.15) is 32.6 Å². The minimum Gasteiger partial charge on any atom is -0.465 e. The summed E-state index contributed by atoms with van der Waals surface area (Å²) in [6.07, 6.45) is 5.14. The Kier molecular flexibility index (Phi) is 3.62. The lowest BCUT2D eigenvalue weighted by molar-refractivity contribution is -0.105. The first-order valence-electron chi connectivity index (χ1n) is 5.63. The van der Waals surface area contributed by atoms with Crippen LogP contribution in [0, 0.1) is 6.07 Å². The third-order valence-corrected chi connectivity index (χ3v) is 2.66. The maximum absolute atomic E-state index is 5.77. The number of para-hydroxylation sites is 1. The van der Waals surface area contributed by atoms with E-state index in [9.17, 15) is 0 Å². The van der Waals surface area contributed by atoms with Crippen molar-refractivity contribution in [2.75, 3.05) is 0 Å². The van der Waals surface area contributed by atoms with Gasteiger partial charge in [-0.15, -0.1) is 0 Å². The fourth-order valence-corrected chi connectivity index (χ4v) is 1.95. The Hall–Kier alpha value is -1.02. The standard InChI is InChI=1S/C13H17O2/c1-11(15-13-9-5-6-10-13)14-12-7-3-2-4-8-12/h2-4,7,11,13H,5-6,9-10H2,1H3. The third-order valence-electron chi connectivity index (χ3n) is 2.66. The van der Waals surface area contributed by atoms with E-state index in [0.717, 1.165) is 5.75 Å². The van der Waals surface area contributed by atoms with Crippen molar-refractivity contribution in [3.63, 3.8) is 0 Å². The van der Waals surface area contributed by atoms with Gasteiger partial charge in [-0.2, -0.15) is 0 Å².